The minimum atomic E-state index is 0.0357. The highest BCUT2D eigenvalue weighted by atomic mass is 32.1. The van der Waals surface area contributed by atoms with Gasteiger partial charge in [0, 0.05) is 26.2 Å². The Balaban J connectivity index is 1.91. The average molecular weight is 324 g/mol. The third kappa shape index (κ3) is 5.29. The minimum absolute atomic E-state index is 0.0357. The first-order valence-electron chi connectivity index (χ1n) is 8.38. The molecule has 1 atom stereocenters. The van der Waals surface area contributed by atoms with E-state index in [0.717, 1.165) is 38.8 Å². The van der Waals surface area contributed by atoms with Gasteiger partial charge >= 0.3 is 6.03 Å². The van der Waals surface area contributed by atoms with Crippen LogP contribution in [0, 0.1) is 5.92 Å². The molecule has 0 radical (unpaired) electrons. The standard InChI is InChI=1S/C17H28N2O2S/c1-3-14(4-2)10-18-17(20)19(11-15-7-9-22-13-15)12-16-6-5-8-21-16/h7,9,13-14,16H,3-6,8,10-12H2,1-2H3,(H,18,20)/t16-/m1/s1. The van der Waals surface area contributed by atoms with Crippen molar-refractivity contribution in [3.05, 3.63) is 22.4 Å². The zero-order valence-corrected chi connectivity index (χ0v) is 14.5. The number of nitrogens with one attached hydrogen (secondary N) is 1. The monoisotopic (exact) mass is 324 g/mol. The number of thiophene rings is 1. The maximum Gasteiger partial charge on any atom is 0.317 e. The summed E-state index contributed by atoms with van der Waals surface area (Å²) < 4.78 is 5.70. The normalized spacial score (nSPS) is 17.9. The van der Waals surface area contributed by atoms with Crippen LogP contribution in [0.5, 0.6) is 0 Å². The second kappa shape index (κ2) is 9.16. The molecule has 1 aromatic rings. The maximum atomic E-state index is 12.6. The molecule has 1 N–H and O–H groups in total. The SMILES string of the molecule is CCC(CC)CNC(=O)N(Cc1ccsc1)C[C@H]1CCCO1. The van der Waals surface area contributed by atoms with Crippen molar-refractivity contribution in [1.29, 1.82) is 0 Å². The van der Waals surface area contributed by atoms with Crippen molar-refractivity contribution in [2.45, 2.75) is 52.2 Å². The van der Waals surface area contributed by atoms with Crippen LogP contribution in [0.25, 0.3) is 0 Å². The van der Waals surface area contributed by atoms with Crippen LogP contribution < -0.4 is 5.32 Å². The van der Waals surface area contributed by atoms with Crippen LogP contribution in [0.1, 0.15) is 45.1 Å². The number of urea groups is 1. The minimum Gasteiger partial charge on any atom is -0.376 e. The topological polar surface area (TPSA) is 41.6 Å². The molecule has 0 bridgehead atoms. The predicted octanol–water partition coefficient (Wildman–Crippen LogP) is 3.87. The summed E-state index contributed by atoms with van der Waals surface area (Å²) in [5.41, 5.74) is 1.20. The third-order valence-electron chi connectivity index (χ3n) is 4.39. The Hall–Kier alpha value is -1.07. The molecular weight excluding hydrogens is 296 g/mol. The Kier molecular flexibility index (Phi) is 7.19. The summed E-state index contributed by atoms with van der Waals surface area (Å²) in [6, 6.07) is 2.12. The number of hydrogen-bond acceptors (Lipinski definition) is 3. The van der Waals surface area contributed by atoms with Crippen LogP contribution in [0.4, 0.5) is 4.79 Å². The van der Waals surface area contributed by atoms with Crippen LogP contribution in [-0.4, -0.2) is 36.7 Å². The van der Waals surface area contributed by atoms with Gasteiger partial charge < -0.3 is 15.0 Å². The van der Waals surface area contributed by atoms with E-state index in [9.17, 15) is 4.79 Å². The van der Waals surface area contributed by atoms with Crippen molar-refractivity contribution >= 4 is 17.4 Å². The Morgan fingerprint density at radius 2 is 2.32 bits per heavy atom. The van der Waals surface area contributed by atoms with Crippen molar-refractivity contribution in [2.75, 3.05) is 19.7 Å². The fourth-order valence-electron chi connectivity index (χ4n) is 2.78. The molecule has 0 aromatic carbocycles. The number of amides is 2. The highest BCUT2D eigenvalue weighted by molar-refractivity contribution is 7.07. The van der Waals surface area contributed by atoms with Crippen molar-refractivity contribution in [3.8, 4) is 0 Å². The number of carbonyl (C=O) groups excluding carboxylic acids is 1. The lowest BCUT2D eigenvalue weighted by molar-refractivity contribution is 0.0793. The van der Waals surface area contributed by atoms with E-state index in [1.807, 2.05) is 4.90 Å². The van der Waals surface area contributed by atoms with Crippen molar-refractivity contribution in [2.24, 2.45) is 5.92 Å². The van der Waals surface area contributed by atoms with Gasteiger partial charge in [-0.3, -0.25) is 0 Å². The van der Waals surface area contributed by atoms with Crippen LogP contribution in [0.2, 0.25) is 0 Å². The number of carbonyl (C=O) groups is 1. The molecular formula is C17H28N2O2S. The molecule has 0 unspecified atom stereocenters. The average Bonchev–Trinajstić information content (AvgIpc) is 3.21. The summed E-state index contributed by atoms with van der Waals surface area (Å²) in [6.07, 6.45) is 4.56. The lowest BCUT2D eigenvalue weighted by atomic mass is 10.0. The molecule has 1 aliphatic heterocycles. The molecule has 2 rings (SSSR count). The van der Waals surface area contributed by atoms with E-state index in [-0.39, 0.29) is 12.1 Å². The lowest BCUT2D eigenvalue weighted by Gasteiger charge is -2.26. The van der Waals surface area contributed by atoms with Gasteiger partial charge in [-0.2, -0.15) is 11.3 Å². The Bertz CT molecular complexity index is 426. The first kappa shape index (κ1) is 17.3. The second-order valence-electron chi connectivity index (χ2n) is 6.02. The van der Waals surface area contributed by atoms with E-state index in [1.165, 1.54) is 5.56 Å². The van der Waals surface area contributed by atoms with Crippen LogP contribution in [0.15, 0.2) is 16.8 Å². The molecule has 1 saturated heterocycles. The summed E-state index contributed by atoms with van der Waals surface area (Å²) in [5, 5.41) is 7.27. The zero-order chi connectivity index (χ0) is 15.8. The number of hydrogen-bond donors (Lipinski definition) is 1. The molecule has 2 amide bonds. The highest BCUT2D eigenvalue weighted by Crippen LogP contribution is 2.16. The molecule has 1 aliphatic rings. The lowest BCUT2D eigenvalue weighted by Crippen LogP contribution is -2.44. The molecule has 5 heteroatoms. The summed E-state index contributed by atoms with van der Waals surface area (Å²) in [6.45, 7) is 7.29. The highest BCUT2D eigenvalue weighted by Gasteiger charge is 2.23. The number of nitrogens with zero attached hydrogens (tertiary/aromatic N) is 1. The van der Waals surface area contributed by atoms with Gasteiger partial charge in [0.25, 0.3) is 0 Å². The van der Waals surface area contributed by atoms with Gasteiger partial charge in [0.2, 0.25) is 0 Å². The van der Waals surface area contributed by atoms with Gasteiger partial charge in [-0.25, -0.2) is 4.79 Å². The predicted molar refractivity (Wildman–Crippen MR) is 91.2 cm³/mol. The number of rotatable bonds is 8. The molecule has 1 fully saturated rings. The Labute approximate surface area is 137 Å². The summed E-state index contributed by atoms with van der Waals surface area (Å²) in [7, 11) is 0. The second-order valence-corrected chi connectivity index (χ2v) is 6.80. The fraction of sp³-hybridized carbons (Fsp3) is 0.706. The van der Waals surface area contributed by atoms with Gasteiger partial charge in [-0.15, -0.1) is 0 Å². The maximum absolute atomic E-state index is 12.6. The van der Waals surface area contributed by atoms with E-state index in [2.05, 4.69) is 36.0 Å². The molecule has 1 aromatic heterocycles. The molecule has 22 heavy (non-hydrogen) atoms. The van der Waals surface area contributed by atoms with Crippen LogP contribution >= 0.6 is 11.3 Å². The van der Waals surface area contributed by atoms with Gasteiger partial charge in [-0.05, 0) is 41.1 Å². The van der Waals surface area contributed by atoms with E-state index in [1.54, 1.807) is 11.3 Å². The molecule has 0 aliphatic carbocycles. The third-order valence-corrected chi connectivity index (χ3v) is 5.12. The van der Waals surface area contributed by atoms with E-state index in [0.29, 0.717) is 19.0 Å². The fourth-order valence-corrected chi connectivity index (χ4v) is 3.44. The first-order valence-corrected chi connectivity index (χ1v) is 9.32. The molecule has 124 valence electrons. The van der Waals surface area contributed by atoms with Gasteiger partial charge in [0.15, 0.2) is 0 Å². The van der Waals surface area contributed by atoms with Crippen LogP contribution in [0.3, 0.4) is 0 Å². The van der Waals surface area contributed by atoms with E-state index >= 15 is 0 Å². The molecule has 0 saturated carbocycles. The largest absolute Gasteiger partial charge is 0.376 e. The van der Waals surface area contributed by atoms with Gasteiger partial charge in [0.05, 0.1) is 6.10 Å². The van der Waals surface area contributed by atoms with E-state index < -0.39 is 0 Å². The van der Waals surface area contributed by atoms with Gasteiger partial charge in [-0.1, -0.05) is 26.7 Å². The van der Waals surface area contributed by atoms with E-state index in [4.69, 9.17) is 4.74 Å². The Morgan fingerprint density at radius 1 is 1.50 bits per heavy atom. The molecule has 2 heterocycles. The zero-order valence-electron chi connectivity index (χ0n) is 13.7. The van der Waals surface area contributed by atoms with Crippen LogP contribution in [-0.2, 0) is 11.3 Å². The quantitative estimate of drug-likeness (QED) is 0.788. The molecule has 4 nitrogen and oxygen atoms in total. The summed E-state index contributed by atoms with van der Waals surface area (Å²) in [4.78, 5) is 14.5. The molecule has 0 spiro atoms. The van der Waals surface area contributed by atoms with Crippen molar-refractivity contribution < 1.29 is 9.53 Å². The van der Waals surface area contributed by atoms with Crippen molar-refractivity contribution in [1.82, 2.24) is 10.2 Å². The number of ether oxygens (including phenoxy) is 1. The smallest absolute Gasteiger partial charge is 0.317 e. The summed E-state index contributed by atoms with van der Waals surface area (Å²) in [5.74, 6) is 0.565. The van der Waals surface area contributed by atoms with Gasteiger partial charge in [0.1, 0.15) is 0 Å². The van der Waals surface area contributed by atoms with Crippen molar-refractivity contribution in [3.63, 3.8) is 0 Å². The Morgan fingerprint density at radius 3 is 2.91 bits per heavy atom. The first-order chi connectivity index (χ1) is 10.7. The summed E-state index contributed by atoms with van der Waals surface area (Å²) >= 11 is 1.67.